The van der Waals surface area contributed by atoms with E-state index in [1.54, 1.807) is 19.3 Å². The Bertz CT molecular complexity index is 654. The summed E-state index contributed by atoms with van der Waals surface area (Å²) in [5.41, 5.74) is 2.90. The summed E-state index contributed by atoms with van der Waals surface area (Å²) in [7, 11) is 1.79. The number of nitrogens with one attached hydrogen (secondary N) is 1. The minimum Gasteiger partial charge on any atom is -0.372 e. The number of aromatic nitrogens is 1. The average molecular weight is 281 g/mol. The normalized spacial score (nSPS) is 14.2. The van der Waals surface area contributed by atoms with Crippen LogP contribution in [0.1, 0.15) is 28.8 Å². The Morgan fingerprint density at radius 1 is 1.19 bits per heavy atom. The van der Waals surface area contributed by atoms with Crippen molar-refractivity contribution >= 4 is 17.4 Å². The van der Waals surface area contributed by atoms with Gasteiger partial charge < -0.3 is 10.2 Å². The fourth-order valence-corrected chi connectivity index (χ4v) is 2.82. The van der Waals surface area contributed by atoms with Crippen LogP contribution in [0.5, 0.6) is 0 Å². The zero-order valence-electron chi connectivity index (χ0n) is 12.2. The van der Waals surface area contributed by atoms with Gasteiger partial charge in [0, 0.05) is 25.5 Å². The zero-order chi connectivity index (χ0) is 14.7. The van der Waals surface area contributed by atoms with E-state index >= 15 is 0 Å². The van der Waals surface area contributed by atoms with Crippen LogP contribution in [0.15, 0.2) is 42.6 Å². The summed E-state index contributed by atoms with van der Waals surface area (Å²) in [6.07, 6.45) is 4.87. The van der Waals surface area contributed by atoms with E-state index in [1.165, 1.54) is 5.56 Å². The summed E-state index contributed by atoms with van der Waals surface area (Å²) in [5.74, 6) is 0.644. The number of rotatable bonds is 2. The van der Waals surface area contributed by atoms with Gasteiger partial charge in [-0.05, 0) is 43.0 Å². The molecule has 0 saturated carbocycles. The Hall–Kier alpha value is -2.36. The van der Waals surface area contributed by atoms with Crippen LogP contribution in [0.3, 0.4) is 0 Å². The Labute approximate surface area is 124 Å². The van der Waals surface area contributed by atoms with Crippen molar-refractivity contribution in [1.82, 2.24) is 4.98 Å². The highest BCUT2D eigenvalue weighted by Gasteiger charge is 2.23. The van der Waals surface area contributed by atoms with Crippen molar-refractivity contribution in [2.45, 2.75) is 19.3 Å². The Kier molecular flexibility index (Phi) is 3.86. The van der Waals surface area contributed by atoms with E-state index < -0.39 is 0 Å². The molecule has 0 bridgehead atoms. The smallest absolute Gasteiger partial charge is 0.262 e. The number of benzene rings is 1. The number of carbonyl (C=O) groups excluding carboxylic acids is 1. The topological polar surface area (TPSA) is 45.2 Å². The third-order valence-electron chi connectivity index (χ3n) is 3.88. The van der Waals surface area contributed by atoms with Crippen LogP contribution >= 0.6 is 0 Å². The van der Waals surface area contributed by atoms with E-state index in [-0.39, 0.29) is 5.91 Å². The van der Waals surface area contributed by atoms with Gasteiger partial charge in [-0.25, -0.2) is 4.98 Å². The summed E-state index contributed by atoms with van der Waals surface area (Å²) < 4.78 is 0. The van der Waals surface area contributed by atoms with Gasteiger partial charge in [0.15, 0.2) is 0 Å². The molecule has 1 N–H and O–H groups in total. The number of nitrogens with zero attached hydrogens (tertiary/aromatic N) is 2. The first-order valence-corrected chi connectivity index (χ1v) is 7.34. The number of pyridine rings is 1. The van der Waals surface area contributed by atoms with Crippen molar-refractivity contribution < 1.29 is 4.79 Å². The summed E-state index contributed by atoms with van der Waals surface area (Å²) in [6, 6.07) is 11.8. The van der Waals surface area contributed by atoms with Crippen molar-refractivity contribution in [3.8, 4) is 0 Å². The van der Waals surface area contributed by atoms with E-state index in [1.807, 2.05) is 29.2 Å². The molecule has 0 atom stereocenters. The molecule has 0 spiro atoms. The van der Waals surface area contributed by atoms with Crippen molar-refractivity contribution in [1.29, 1.82) is 0 Å². The molecular formula is C17H19N3O. The summed E-state index contributed by atoms with van der Waals surface area (Å²) in [6.45, 7) is 0.758. The third-order valence-corrected chi connectivity index (χ3v) is 3.88. The molecule has 0 fully saturated rings. The highest BCUT2D eigenvalue weighted by molar-refractivity contribution is 6.09. The number of fused-ring (bicyclic) bond motifs is 1. The predicted octanol–water partition coefficient (Wildman–Crippen LogP) is 3.11. The molecule has 0 radical (unpaired) electrons. The van der Waals surface area contributed by atoms with Gasteiger partial charge in [0.1, 0.15) is 5.82 Å². The van der Waals surface area contributed by atoms with Crippen LogP contribution in [-0.2, 0) is 6.42 Å². The summed E-state index contributed by atoms with van der Waals surface area (Å²) in [4.78, 5) is 19.1. The first-order valence-electron chi connectivity index (χ1n) is 7.34. The molecule has 1 amide bonds. The molecule has 1 aromatic heterocycles. The molecule has 0 unspecified atom stereocenters. The van der Waals surface area contributed by atoms with Crippen LogP contribution in [0.2, 0.25) is 0 Å². The van der Waals surface area contributed by atoms with E-state index in [2.05, 4.69) is 16.4 Å². The second kappa shape index (κ2) is 5.95. The number of hydrogen-bond donors (Lipinski definition) is 1. The Morgan fingerprint density at radius 2 is 2.05 bits per heavy atom. The maximum absolute atomic E-state index is 12.9. The minimum atomic E-state index is 0.0156. The van der Waals surface area contributed by atoms with Gasteiger partial charge in [0.25, 0.3) is 5.91 Å². The first-order chi connectivity index (χ1) is 10.3. The van der Waals surface area contributed by atoms with Gasteiger partial charge >= 0.3 is 0 Å². The molecule has 0 aliphatic carbocycles. The summed E-state index contributed by atoms with van der Waals surface area (Å²) in [5, 5.41) is 3.00. The van der Waals surface area contributed by atoms with Crippen LogP contribution in [0.25, 0.3) is 0 Å². The number of hydrogen-bond acceptors (Lipinski definition) is 3. The molecule has 108 valence electrons. The molecule has 3 rings (SSSR count). The standard InChI is InChI=1S/C17H19N3O/c1-18-16-14(9-6-11-19-16)17(21)20-12-5-4-8-13-7-2-3-10-15(13)20/h2-3,6-7,9-11H,4-5,8,12H2,1H3,(H,18,19). The van der Waals surface area contributed by atoms with E-state index in [0.29, 0.717) is 11.4 Å². The number of aryl methyl sites for hydroxylation is 1. The van der Waals surface area contributed by atoms with Crippen LogP contribution < -0.4 is 10.2 Å². The van der Waals surface area contributed by atoms with Crippen LogP contribution in [0, 0.1) is 0 Å². The van der Waals surface area contributed by atoms with Crippen molar-refractivity contribution in [2.24, 2.45) is 0 Å². The minimum absolute atomic E-state index is 0.0156. The second-order valence-corrected chi connectivity index (χ2v) is 5.19. The third kappa shape index (κ3) is 2.61. The van der Waals surface area contributed by atoms with E-state index in [9.17, 15) is 4.79 Å². The van der Waals surface area contributed by atoms with Crippen molar-refractivity contribution in [3.63, 3.8) is 0 Å². The SMILES string of the molecule is CNc1ncccc1C(=O)N1CCCCc2ccccc21. The monoisotopic (exact) mass is 281 g/mol. The van der Waals surface area contributed by atoms with Gasteiger partial charge in [-0.2, -0.15) is 0 Å². The quantitative estimate of drug-likeness (QED) is 0.920. The van der Waals surface area contributed by atoms with Gasteiger partial charge in [0.05, 0.1) is 5.56 Å². The molecule has 4 heteroatoms. The Morgan fingerprint density at radius 3 is 2.90 bits per heavy atom. The molecule has 1 aliphatic heterocycles. The molecule has 1 aliphatic rings. The van der Waals surface area contributed by atoms with Gasteiger partial charge in [0.2, 0.25) is 0 Å². The highest BCUT2D eigenvalue weighted by atomic mass is 16.2. The Balaban J connectivity index is 2.01. The molecule has 21 heavy (non-hydrogen) atoms. The lowest BCUT2D eigenvalue weighted by Gasteiger charge is -2.23. The number of para-hydroxylation sites is 1. The predicted molar refractivity (Wildman–Crippen MR) is 84.8 cm³/mol. The van der Waals surface area contributed by atoms with E-state index in [0.717, 1.165) is 31.5 Å². The van der Waals surface area contributed by atoms with Crippen molar-refractivity contribution in [2.75, 3.05) is 23.8 Å². The number of carbonyl (C=O) groups is 1. The molecule has 0 saturated heterocycles. The lowest BCUT2D eigenvalue weighted by Crippen LogP contribution is -2.32. The first kappa shape index (κ1) is 13.6. The van der Waals surface area contributed by atoms with Crippen molar-refractivity contribution in [3.05, 3.63) is 53.7 Å². The number of amides is 1. The molecule has 4 nitrogen and oxygen atoms in total. The maximum atomic E-state index is 12.9. The van der Waals surface area contributed by atoms with Gasteiger partial charge in [-0.15, -0.1) is 0 Å². The summed E-state index contributed by atoms with van der Waals surface area (Å²) >= 11 is 0. The fraction of sp³-hybridized carbons (Fsp3) is 0.294. The van der Waals surface area contributed by atoms with Gasteiger partial charge in [-0.1, -0.05) is 18.2 Å². The van der Waals surface area contributed by atoms with Crippen LogP contribution in [0.4, 0.5) is 11.5 Å². The highest BCUT2D eigenvalue weighted by Crippen LogP contribution is 2.28. The average Bonchev–Trinajstić information content (AvgIpc) is 2.76. The molecular weight excluding hydrogens is 262 g/mol. The maximum Gasteiger partial charge on any atom is 0.262 e. The lowest BCUT2D eigenvalue weighted by molar-refractivity contribution is 0.0987. The fourth-order valence-electron chi connectivity index (χ4n) is 2.82. The molecule has 2 heterocycles. The largest absolute Gasteiger partial charge is 0.372 e. The number of anilines is 2. The molecule has 2 aromatic rings. The molecule has 1 aromatic carbocycles. The van der Waals surface area contributed by atoms with Crippen LogP contribution in [-0.4, -0.2) is 24.5 Å². The van der Waals surface area contributed by atoms with Gasteiger partial charge in [-0.3, -0.25) is 4.79 Å². The van der Waals surface area contributed by atoms with E-state index in [4.69, 9.17) is 0 Å². The zero-order valence-corrected chi connectivity index (χ0v) is 12.2. The second-order valence-electron chi connectivity index (χ2n) is 5.19. The lowest BCUT2D eigenvalue weighted by atomic mass is 10.1.